The Morgan fingerprint density at radius 2 is 1.92 bits per heavy atom. The molecule has 0 radical (unpaired) electrons. The SMILES string of the molecule is C[C@H](Cn1cnc2c(N)ncnc21)OC[P@](=O)(N[C@H](c1ccc(C#N)cc1)C(F)(F)F)NC(C)(C)C(=O)O. The lowest BCUT2D eigenvalue weighted by Gasteiger charge is -2.33. The van der Waals surface area contributed by atoms with Crippen molar-refractivity contribution in [3.05, 3.63) is 48.0 Å². The van der Waals surface area contributed by atoms with Crippen molar-refractivity contribution in [1.29, 1.82) is 5.26 Å². The monoisotopic (exact) mass is 554 g/mol. The molecule has 12 nitrogen and oxygen atoms in total. The Balaban J connectivity index is 1.86. The maximum absolute atomic E-state index is 14.1. The molecule has 0 saturated heterocycles. The summed E-state index contributed by atoms with van der Waals surface area (Å²) in [6, 6.07) is 3.91. The van der Waals surface area contributed by atoms with Crippen molar-refractivity contribution in [2.45, 2.75) is 51.2 Å². The minimum Gasteiger partial charge on any atom is -0.480 e. The highest BCUT2D eigenvalue weighted by Crippen LogP contribution is 2.46. The number of aromatic nitrogens is 4. The van der Waals surface area contributed by atoms with Crippen molar-refractivity contribution < 1.29 is 32.4 Å². The van der Waals surface area contributed by atoms with Gasteiger partial charge in [-0.25, -0.2) is 25.1 Å². The van der Waals surface area contributed by atoms with E-state index in [1.54, 1.807) is 11.5 Å². The lowest BCUT2D eigenvalue weighted by molar-refractivity contribution is -0.153. The zero-order valence-corrected chi connectivity index (χ0v) is 21.5. The van der Waals surface area contributed by atoms with Crippen LogP contribution in [-0.2, 0) is 20.6 Å². The second kappa shape index (κ2) is 11.0. The minimum absolute atomic E-state index is 0.119. The number of fused-ring (bicyclic) bond motifs is 1. The topological polar surface area (TPSA) is 181 Å². The zero-order valence-electron chi connectivity index (χ0n) is 20.6. The van der Waals surface area contributed by atoms with E-state index in [2.05, 4.69) is 25.1 Å². The molecule has 3 rings (SSSR count). The summed E-state index contributed by atoms with van der Waals surface area (Å²) in [5.74, 6) is -1.27. The van der Waals surface area contributed by atoms with Gasteiger partial charge in [0, 0.05) is 0 Å². The number of alkyl halides is 3. The first kappa shape index (κ1) is 29.0. The number of nitrogens with zero attached hydrogens (tertiary/aromatic N) is 5. The summed E-state index contributed by atoms with van der Waals surface area (Å²) in [5, 5.41) is 22.9. The number of nitriles is 1. The molecule has 3 aromatic rings. The van der Waals surface area contributed by atoms with Crippen LogP contribution in [0.5, 0.6) is 0 Å². The first-order valence-corrected chi connectivity index (χ1v) is 13.0. The lowest BCUT2D eigenvalue weighted by Crippen LogP contribution is -2.49. The molecule has 1 aromatic carbocycles. The number of carbonyl (C=O) groups is 1. The van der Waals surface area contributed by atoms with Gasteiger partial charge >= 0.3 is 12.1 Å². The van der Waals surface area contributed by atoms with Gasteiger partial charge in [-0.05, 0) is 38.5 Å². The number of carboxylic acids is 1. The summed E-state index contributed by atoms with van der Waals surface area (Å²) in [4.78, 5) is 23.8. The van der Waals surface area contributed by atoms with E-state index >= 15 is 0 Å². The summed E-state index contributed by atoms with van der Waals surface area (Å²) >= 11 is 0. The Morgan fingerprint density at radius 1 is 1.26 bits per heavy atom. The number of nitrogens with two attached hydrogens (primary N) is 1. The van der Waals surface area contributed by atoms with Crippen molar-refractivity contribution in [3.8, 4) is 6.07 Å². The highest BCUT2D eigenvalue weighted by atomic mass is 31.2. The molecule has 0 amide bonds. The van der Waals surface area contributed by atoms with Crippen LogP contribution < -0.4 is 15.9 Å². The predicted molar refractivity (Wildman–Crippen MR) is 131 cm³/mol. The van der Waals surface area contributed by atoms with Gasteiger partial charge < -0.3 is 20.1 Å². The average molecular weight is 554 g/mol. The first-order valence-electron chi connectivity index (χ1n) is 11.1. The second-order valence-corrected chi connectivity index (χ2v) is 11.3. The highest BCUT2D eigenvalue weighted by Gasteiger charge is 2.46. The molecule has 2 heterocycles. The average Bonchev–Trinajstić information content (AvgIpc) is 3.24. The normalized spacial score (nSPS) is 15.5. The summed E-state index contributed by atoms with van der Waals surface area (Å²) in [6.07, 6.45) is -3.73. The van der Waals surface area contributed by atoms with Crippen LogP contribution in [0.15, 0.2) is 36.9 Å². The number of ether oxygens (including phenoxy) is 1. The Labute approximate surface area is 215 Å². The quantitative estimate of drug-likeness (QED) is 0.256. The van der Waals surface area contributed by atoms with Crippen molar-refractivity contribution in [3.63, 3.8) is 0 Å². The van der Waals surface area contributed by atoms with Gasteiger partial charge in [0.15, 0.2) is 11.5 Å². The molecule has 204 valence electrons. The molecular formula is C22H26F3N8O4P. The van der Waals surface area contributed by atoms with Gasteiger partial charge in [-0.15, -0.1) is 0 Å². The molecule has 0 aliphatic heterocycles. The molecule has 0 unspecified atom stereocenters. The number of hydrogen-bond acceptors (Lipinski definition) is 8. The number of nitrogen functional groups attached to an aromatic ring is 1. The largest absolute Gasteiger partial charge is 0.480 e. The van der Waals surface area contributed by atoms with Gasteiger partial charge in [0.25, 0.3) is 0 Å². The van der Waals surface area contributed by atoms with Crippen LogP contribution in [0.3, 0.4) is 0 Å². The molecule has 38 heavy (non-hydrogen) atoms. The van der Waals surface area contributed by atoms with Gasteiger partial charge in [0.1, 0.15) is 29.8 Å². The fourth-order valence-electron chi connectivity index (χ4n) is 3.49. The van der Waals surface area contributed by atoms with Crippen LogP contribution in [0, 0.1) is 11.3 Å². The first-order chi connectivity index (χ1) is 17.6. The van der Waals surface area contributed by atoms with E-state index in [0.29, 0.717) is 11.2 Å². The summed E-state index contributed by atoms with van der Waals surface area (Å²) < 4.78 is 63.3. The number of imidazole rings is 1. The van der Waals surface area contributed by atoms with E-state index in [9.17, 15) is 27.6 Å². The number of benzene rings is 1. The number of aliphatic carboxylic acids is 1. The van der Waals surface area contributed by atoms with Crippen molar-refractivity contribution in [1.82, 2.24) is 29.7 Å². The second-order valence-electron chi connectivity index (χ2n) is 9.05. The van der Waals surface area contributed by atoms with Crippen molar-refractivity contribution in [2.24, 2.45) is 0 Å². The Hall–Kier alpha value is -3.57. The van der Waals surface area contributed by atoms with Crippen LogP contribution in [0.1, 0.15) is 37.9 Å². The smallest absolute Gasteiger partial charge is 0.408 e. The fraction of sp³-hybridized carbons (Fsp3) is 0.409. The number of nitrogens with one attached hydrogen (secondary N) is 2. The van der Waals surface area contributed by atoms with Gasteiger partial charge in [-0.2, -0.15) is 18.4 Å². The standard InChI is InChI=1S/C22H26F3N8O4P/c1-13(9-33-11-30-16-18(27)28-10-29-19(16)33)37-12-38(36,32-21(2,3)20(34)35)31-17(22(23,24)25)15-6-4-14(8-26)5-7-15/h4-7,10-11,13,17H,9,12H2,1-3H3,(H,34,35)(H2,27,28,29)(H2,31,32,36)/t13-,17-,38+/m1/s1. The molecular weight excluding hydrogens is 528 g/mol. The third-order valence-electron chi connectivity index (χ3n) is 5.46. The number of halogens is 3. The van der Waals surface area contributed by atoms with Crippen LogP contribution in [0.25, 0.3) is 11.2 Å². The summed E-state index contributed by atoms with van der Waals surface area (Å²) in [6.45, 7) is 4.04. The summed E-state index contributed by atoms with van der Waals surface area (Å²) in [5.41, 5.74) is 4.48. The molecule has 5 N–H and O–H groups in total. The third-order valence-corrected chi connectivity index (χ3v) is 7.57. The maximum Gasteiger partial charge on any atom is 0.408 e. The maximum atomic E-state index is 14.1. The van der Waals surface area contributed by atoms with Gasteiger partial charge in [0.2, 0.25) is 7.44 Å². The van der Waals surface area contributed by atoms with Gasteiger partial charge in [-0.1, -0.05) is 12.1 Å². The van der Waals surface area contributed by atoms with Crippen LogP contribution >= 0.6 is 7.44 Å². The fourth-order valence-corrected chi connectivity index (χ4v) is 5.87. The number of rotatable bonds is 11. The zero-order chi connectivity index (χ0) is 28.3. The summed E-state index contributed by atoms with van der Waals surface area (Å²) in [7, 11) is -4.39. The number of carboxylic acid groups (broad SMARTS) is 1. The molecule has 0 saturated carbocycles. The molecule has 0 aliphatic carbocycles. The number of hydrogen-bond donors (Lipinski definition) is 4. The third kappa shape index (κ3) is 6.84. The molecule has 2 aromatic heterocycles. The van der Waals surface area contributed by atoms with E-state index in [1.165, 1.54) is 38.6 Å². The molecule has 0 fully saturated rings. The predicted octanol–water partition coefficient (Wildman–Crippen LogP) is 3.18. The molecule has 16 heteroatoms. The van der Waals surface area contributed by atoms with Crippen LogP contribution in [-0.4, -0.2) is 54.8 Å². The Morgan fingerprint density at radius 3 is 2.50 bits per heavy atom. The van der Waals surface area contributed by atoms with Crippen LogP contribution in [0.2, 0.25) is 0 Å². The lowest BCUT2D eigenvalue weighted by atomic mass is 10.1. The Bertz CT molecular complexity index is 1390. The van der Waals surface area contributed by atoms with Crippen molar-refractivity contribution >= 4 is 30.4 Å². The van der Waals surface area contributed by atoms with Crippen LogP contribution in [0.4, 0.5) is 19.0 Å². The molecule has 0 spiro atoms. The minimum atomic E-state index is -4.92. The number of anilines is 1. The van der Waals surface area contributed by atoms with E-state index in [-0.39, 0.29) is 23.5 Å². The van der Waals surface area contributed by atoms with E-state index in [4.69, 9.17) is 15.7 Å². The van der Waals surface area contributed by atoms with E-state index in [1.807, 2.05) is 6.07 Å². The van der Waals surface area contributed by atoms with Gasteiger partial charge in [-0.3, -0.25) is 9.36 Å². The van der Waals surface area contributed by atoms with E-state index in [0.717, 1.165) is 12.1 Å². The molecule has 0 aliphatic rings. The molecule has 0 bridgehead atoms. The van der Waals surface area contributed by atoms with Gasteiger partial charge in [0.05, 0.1) is 30.6 Å². The van der Waals surface area contributed by atoms with Crippen molar-refractivity contribution in [2.75, 3.05) is 12.1 Å². The van der Waals surface area contributed by atoms with E-state index < -0.39 is 43.6 Å². The molecule has 3 atom stereocenters. The Kier molecular flexibility index (Phi) is 8.42. The highest BCUT2D eigenvalue weighted by molar-refractivity contribution is 7.59.